The van der Waals surface area contributed by atoms with Crippen LogP contribution < -0.4 is 5.32 Å². The van der Waals surface area contributed by atoms with Crippen molar-refractivity contribution in [2.75, 3.05) is 13.2 Å². The van der Waals surface area contributed by atoms with Gasteiger partial charge in [-0.2, -0.15) is 0 Å². The standard InChI is InChI=1S/C14H23NO/c1-12(2)16-10-9-15-13(3)11-14-7-5-4-6-8-14/h4-8,12-13,15H,9-11H2,1-3H3. The van der Waals surface area contributed by atoms with E-state index >= 15 is 0 Å². The molecule has 2 heteroatoms. The van der Waals surface area contributed by atoms with Gasteiger partial charge in [0.2, 0.25) is 0 Å². The molecule has 0 fully saturated rings. The second kappa shape index (κ2) is 7.42. The number of ether oxygens (including phenoxy) is 1. The van der Waals surface area contributed by atoms with E-state index in [-0.39, 0.29) is 0 Å². The van der Waals surface area contributed by atoms with Crippen molar-refractivity contribution in [3.05, 3.63) is 35.9 Å². The van der Waals surface area contributed by atoms with E-state index in [1.807, 2.05) is 0 Å². The summed E-state index contributed by atoms with van der Waals surface area (Å²) < 4.78 is 5.48. The summed E-state index contributed by atoms with van der Waals surface area (Å²) in [5, 5.41) is 3.46. The number of rotatable bonds is 7. The maximum absolute atomic E-state index is 5.48. The molecule has 1 atom stereocenters. The summed E-state index contributed by atoms with van der Waals surface area (Å²) in [7, 11) is 0. The molecule has 0 aromatic heterocycles. The summed E-state index contributed by atoms with van der Waals surface area (Å²) in [6.45, 7) is 8.05. The topological polar surface area (TPSA) is 21.3 Å². The van der Waals surface area contributed by atoms with Crippen LogP contribution in [-0.2, 0) is 11.2 Å². The highest BCUT2D eigenvalue weighted by molar-refractivity contribution is 5.15. The zero-order valence-electron chi connectivity index (χ0n) is 10.6. The first-order valence-corrected chi connectivity index (χ1v) is 6.07. The van der Waals surface area contributed by atoms with Crippen LogP contribution in [-0.4, -0.2) is 25.3 Å². The lowest BCUT2D eigenvalue weighted by Crippen LogP contribution is -2.31. The second-order valence-electron chi connectivity index (χ2n) is 4.46. The van der Waals surface area contributed by atoms with E-state index in [1.54, 1.807) is 0 Å². The van der Waals surface area contributed by atoms with Crippen LogP contribution in [0.5, 0.6) is 0 Å². The molecule has 1 N–H and O–H groups in total. The van der Waals surface area contributed by atoms with Crippen LogP contribution >= 0.6 is 0 Å². The third kappa shape index (κ3) is 5.89. The summed E-state index contributed by atoms with van der Waals surface area (Å²) in [4.78, 5) is 0. The lowest BCUT2D eigenvalue weighted by atomic mass is 10.1. The molecular formula is C14H23NO. The fourth-order valence-electron chi connectivity index (χ4n) is 1.64. The summed E-state index contributed by atoms with van der Waals surface area (Å²) >= 11 is 0. The van der Waals surface area contributed by atoms with E-state index < -0.39 is 0 Å². The summed E-state index contributed by atoms with van der Waals surface area (Å²) in [5.74, 6) is 0. The Balaban J connectivity index is 2.14. The lowest BCUT2D eigenvalue weighted by molar-refractivity contribution is 0.0796. The fourth-order valence-corrected chi connectivity index (χ4v) is 1.64. The Morgan fingerprint density at radius 2 is 1.81 bits per heavy atom. The molecular weight excluding hydrogens is 198 g/mol. The van der Waals surface area contributed by atoms with Crippen LogP contribution in [0.4, 0.5) is 0 Å². The lowest BCUT2D eigenvalue weighted by Gasteiger charge is -2.14. The average molecular weight is 221 g/mol. The maximum Gasteiger partial charge on any atom is 0.0594 e. The SMILES string of the molecule is CC(Cc1ccccc1)NCCOC(C)C. The van der Waals surface area contributed by atoms with Crippen LogP contribution in [0.1, 0.15) is 26.3 Å². The zero-order chi connectivity index (χ0) is 11.8. The largest absolute Gasteiger partial charge is 0.377 e. The monoisotopic (exact) mass is 221 g/mol. The van der Waals surface area contributed by atoms with Crippen molar-refractivity contribution in [3.8, 4) is 0 Å². The summed E-state index contributed by atoms with van der Waals surface area (Å²) in [6, 6.07) is 11.1. The second-order valence-corrected chi connectivity index (χ2v) is 4.46. The van der Waals surface area contributed by atoms with Crippen LogP contribution in [0.2, 0.25) is 0 Å². The Labute approximate surface area is 99.0 Å². The molecule has 0 radical (unpaired) electrons. The van der Waals surface area contributed by atoms with Crippen LogP contribution in [0.3, 0.4) is 0 Å². The quantitative estimate of drug-likeness (QED) is 0.715. The van der Waals surface area contributed by atoms with Gasteiger partial charge in [0.1, 0.15) is 0 Å². The molecule has 1 aromatic rings. The van der Waals surface area contributed by atoms with Crippen molar-refractivity contribution in [1.29, 1.82) is 0 Å². The van der Waals surface area contributed by atoms with Gasteiger partial charge in [-0.15, -0.1) is 0 Å². The highest BCUT2D eigenvalue weighted by Crippen LogP contribution is 2.02. The first-order chi connectivity index (χ1) is 7.68. The van der Waals surface area contributed by atoms with E-state index in [4.69, 9.17) is 4.74 Å². The Morgan fingerprint density at radius 3 is 2.44 bits per heavy atom. The smallest absolute Gasteiger partial charge is 0.0594 e. The van der Waals surface area contributed by atoms with Crippen LogP contribution in [0.15, 0.2) is 30.3 Å². The van der Waals surface area contributed by atoms with Crippen LogP contribution in [0, 0.1) is 0 Å². The molecule has 0 saturated heterocycles. The van der Waals surface area contributed by atoms with E-state index in [1.165, 1.54) is 5.56 Å². The van der Waals surface area contributed by atoms with E-state index in [0.717, 1.165) is 19.6 Å². The van der Waals surface area contributed by atoms with Gasteiger partial charge in [-0.05, 0) is 32.8 Å². The molecule has 0 bridgehead atoms. The predicted octanol–water partition coefficient (Wildman–Crippen LogP) is 2.63. The minimum absolute atomic E-state index is 0.325. The molecule has 90 valence electrons. The highest BCUT2D eigenvalue weighted by atomic mass is 16.5. The van der Waals surface area contributed by atoms with Gasteiger partial charge in [0.25, 0.3) is 0 Å². The maximum atomic E-state index is 5.48. The number of hydrogen-bond donors (Lipinski definition) is 1. The molecule has 0 amide bonds. The Bertz CT molecular complexity index is 271. The van der Waals surface area contributed by atoms with Gasteiger partial charge in [-0.3, -0.25) is 0 Å². The van der Waals surface area contributed by atoms with E-state index in [0.29, 0.717) is 12.1 Å². The van der Waals surface area contributed by atoms with E-state index in [2.05, 4.69) is 56.4 Å². The van der Waals surface area contributed by atoms with Crippen molar-refractivity contribution in [1.82, 2.24) is 5.32 Å². The first kappa shape index (κ1) is 13.2. The molecule has 0 aliphatic carbocycles. The Hall–Kier alpha value is -0.860. The predicted molar refractivity (Wildman–Crippen MR) is 68.7 cm³/mol. The molecule has 1 aromatic carbocycles. The summed E-state index contributed by atoms with van der Waals surface area (Å²) in [5.41, 5.74) is 1.38. The molecule has 0 aliphatic rings. The molecule has 0 heterocycles. The molecule has 0 aliphatic heterocycles. The van der Waals surface area contributed by atoms with Crippen molar-refractivity contribution >= 4 is 0 Å². The number of benzene rings is 1. The van der Waals surface area contributed by atoms with Crippen molar-refractivity contribution in [2.24, 2.45) is 0 Å². The third-order valence-corrected chi connectivity index (χ3v) is 2.43. The summed E-state index contributed by atoms with van der Waals surface area (Å²) in [6.07, 6.45) is 1.40. The molecule has 1 unspecified atom stereocenters. The number of nitrogens with one attached hydrogen (secondary N) is 1. The molecule has 0 spiro atoms. The molecule has 1 rings (SSSR count). The van der Waals surface area contributed by atoms with Crippen LogP contribution in [0.25, 0.3) is 0 Å². The molecule has 2 nitrogen and oxygen atoms in total. The highest BCUT2D eigenvalue weighted by Gasteiger charge is 2.02. The third-order valence-electron chi connectivity index (χ3n) is 2.43. The van der Waals surface area contributed by atoms with E-state index in [9.17, 15) is 0 Å². The van der Waals surface area contributed by atoms with Gasteiger partial charge in [-0.1, -0.05) is 30.3 Å². The number of hydrogen-bond acceptors (Lipinski definition) is 2. The van der Waals surface area contributed by atoms with Crippen molar-refractivity contribution in [2.45, 2.75) is 39.3 Å². The minimum Gasteiger partial charge on any atom is -0.377 e. The van der Waals surface area contributed by atoms with Gasteiger partial charge in [-0.25, -0.2) is 0 Å². The Kier molecular flexibility index (Phi) is 6.12. The molecule has 0 saturated carbocycles. The van der Waals surface area contributed by atoms with Gasteiger partial charge >= 0.3 is 0 Å². The van der Waals surface area contributed by atoms with Gasteiger partial charge < -0.3 is 10.1 Å². The van der Waals surface area contributed by atoms with Crippen molar-refractivity contribution < 1.29 is 4.74 Å². The van der Waals surface area contributed by atoms with Crippen molar-refractivity contribution in [3.63, 3.8) is 0 Å². The van der Waals surface area contributed by atoms with Gasteiger partial charge in [0.15, 0.2) is 0 Å². The fraction of sp³-hybridized carbons (Fsp3) is 0.571. The minimum atomic E-state index is 0.325. The van der Waals surface area contributed by atoms with Gasteiger partial charge in [0, 0.05) is 12.6 Å². The Morgan fingerprint density at radius 1 is 1.12 bits per heavy atom. The first-order valence-electron chi connectivity index (χ1n) is 6.07. The van der Waals surface area contributed by atoms with Gasteiger partial charge in [0.05, 0.1) is 12.7 Å². The normalized spacial score (nSPS) is 13.0. The average Bonchev–Trinajstić information content (AvgIpc) is 2.25. The zero-order valence-corrected chi connectivity index (χ0v) is 10.6. The molecule has 16 heavy (non-hydrogen) atoms.